The maximum Gasteiger partial charge on any atom is 0.159 e. The minimum atomic E-state index is -0.0644. The highest BCUT2D eigenvalue weighted by molar-refractivity contribution is 5.18. The molecule has 1 aliphatic carbocycles. The molecular formula is C20H32O3. The van der Waals surface area contributed by atoms with Gasteiger partial charge in [-0.3, -0.25) is 0 Å². The maximum atomic E-state index is 9.03. The first kappa shape index (κ1) is 18.5. The van der Waals surface area contributed by atoms with Crippen LogP contribution in [0.15, 0.2) is 12.2 Å². The van der Waals surface area contributed by atoms with Gasteiger partial charge in [-0.25, -0.2) is 0 Å². The third kappa shape index (κ3) is 7.52. The quantitative estimate of drug-likeness (QED) is 0.514. The second-order valence-corrected chi connectivity index (χ2v) is 6.78. The highest BCUT2D eigenvalue weighted by Crippen LogP contribution is 2.40. The van der Waals surface area contributed by atoms with E-state index in [2.05, 4.69) is 24.8 Å². The first-order valence-electron chi connectivity index (χ1n) is 9.37. The fourth-order valence-corrected chi connectivity index (χ4v) is 3.02. The van der Waals surface area contributed by atoms with Crippen LogP contribution in [0.2, 0.25) is 0 Å². The van der Waals surface area contributed by atoms with Gasteiger partial charge in [-0.15, -0.1) is 0 Å². The molecule has 1 saturated carbocycles. The first-order valence-corrected chi connectivity index (χ1v) is 9.37. The van der Waals surface area contributed by atoms with Crippen molar-refractivity contribution in [2.75, 3.05) is 13.2 Å². The molecule has 23 heavy (non-hydrogen) atoms. The minimum Gasteiger partial charge on any atom is -0.396 e. The Morgan fingerprint density at radius 2 is 2.22 bits per heavy atom. The Bertz CT molecular complexity index is 401. The molecule has 0 aromatic carbocycles. The summed E-state index contributed by atoms with van der Waals surface area (Å²) in [5.74, 6) is 7.60. The van der Waals surface area contributed by atoms with Crippen molar-refractivity contribution in [2.24, 2.45) is 11.8 Å². The molecule has 0 spiro atoms. The lowest BCUT2D eigenvalue weighted by molar-refractivity contribution is -0.177. The van der Waals surface area contributed by atoms with E-state index >= 15 is 0 Å². The minimum absolute atomic E-state index is 0.0135. The summed E-state index contributed by atoms with van der Waals surface area (Å²) in [4.78, 5) is 0. The van der Waals surface area contributed by atoms with Crippen LogP contribution in [0.5, 0.6) is 0 Å². The van der Waals surface area contributed by atoms with E-state index in [1.807, 2.05) is 6.08 Å². The Morgan fingerprint density at radius 3 is 2.91 bits per heavy atom. The summed E-state index contributed by atoms with van der Waals surface area (Å²) in [7, 11) is 0. The standard InChI is InChI=1S/C20H32O3/c1-2-3-5-11-19(23-20-13-8-9-14-22-20)12-7-4-6-10-17-15-18(17)16-21/h4,6,17-21H,2-3,5,8-11,13-16H2,1H3/b6-4-/t17-,18-,19?,20?/m0/s1. The van der Waals surface area contributed by atoms with Gasteiger partial charge in [-0.1, -0.05) is 37.7 Å². The first-order chi connectivity index (χ1) is 11.3. The van der Waals surface area contributed by atoms with Crippen LogP contribution in [-0.2, 0) is 9.47 Å². The summed E-state index contributed by atoms with van der Waals surface area (Å²) < 4.78 is 11.7. The zero-order chi connectivity index (χ0) is 16.3. The molecule has 0 amide bonds. The lowest BCUT2D eigenvalue weighted by Crippen LogP contribution is -2.27. The van der Waals surface area contributed by atoms with E-state index in [-0.39, 0.29) is 12.4 Å². The number of aliphatic hydroxyl groups excluding tert-OH is 1. The number of allylic oxidation sites excluding steroid dienone is 2. The van der Waals surface area contributed by atoms with Crippen molar-refractivity contribution in [2.45, 2.75) is 77.1 Å². The number of unbranched alkanes of at least 4 members (excludes halogenated alkanes) is 2. The largest absolute Gasteiger partial charge is 0.396 e. The summed E-state index contributed by atoms with van der Waals surface area (Å²) in [6, 6.07) is 0. The highest BCUT2D eigenvalue weighted by atomic mass is 16.7. The Hall–Kier alpha value is -0.820. The second-order valence-electron chi connectivity index (χ2n) is 6.78. The van der Waals surface area contributed by atoms with Crippen molar-refractivity contribution in [1.29, 1.82) is 0 Å². The molecular weight excluding hydrogens is 288 g/mol. The van der Waals surface area contributed by atoms with Crippen LogP contribution in [0.3, 0.4) is 0 Å². The molecule has 2 unspecified atom stereocenters. The average molecular weight is 320 g/mol. The third-order valence-electron chi connectivity index (χ3n) is 4.71. The van der Waals surface area contributed by atoms with Gasteiger partial charge in [-0.2, -0.15) is 0 Å². The molecule has 0 radical (unpaired) electrons. The SMILES string of the molecule is CCCCCC(C#C/C=C\C[C@H]1C[C@H]1CO)OC1CCCCO1. The van der Waals surface area contributed by atoms with Gasteiger partial charge in [0.2, 0.25) is 0 Å². The van der Waals surface area contributed by atoms with E-state index in [9.17, 15) is 0 Å². The van der Waals surface area contributed by atoms with Crippen LogP contribution in [0.25, 0.3) is 0 Å². The number of aliphatic hydroxyl groups is 1. The topological polar surface area (TPSA) is 38.7 Å². The smallest absolute Gasteiger partial charge is 0.159 e. The predicted molar refractivity (Wildman–Crippen MR) is 92.8 cm³/mol. The van der Waals surface area contributed by atoms with Gasteiger partial charge < -0.3 is 14.6 Å². The van der Waals surface area contributed by atoms with Gasteiger partial charge in [-0.05, 0) is 62.9 Å². The number of hydrogen-bond donors (Lipinski definition) is 1. The molecule has 1 aliphatic heterocycles. The average Bonchev–Trinajstić information content (AvgIpc) is 3.34. The van der Waals surface area contributed by atoms with E-state index in [0.29, 0.717) is 18.4 Å². The summed E-state index contributed by atoms with van der Waals surface area (Å²) in [6.45, 7) is 3.36. The predicted octanol–water partition coefficient (Wildman–Crippen LogP) is 4.06. The maximum absolute atomic E-state index is 9.03. The lowest BCUT2D eigenvalue weighted by Gasteiger charge is -2.25. The molecule has 1 N–H and O–H groups in total. The molecule has 0 bridgehead atoms. The highest BCUT2D eigenvalue weighted by Gasteiger charge is 2.34. The van der Waals surface area contributed by atoms with Gasteiger partial charge in [0.1, 0.15) is 6.10 Å². The van der Waals surface area contributed by atoms with Crippen molar-refractivity contribution < 1.29 is 14.6 Å². The van der Waals surface area contributed by atoms with Gasteiger partial charge in [0.15, 0.2) is 6.29 Å². The molecule has 2 fully saturated rings. The van der Waals surface area contributed by atoms with Gasteiger partial charge in [0, 0.05) is 13.2 Å². The molecule has 2 rings (SSSR count). The van der Waals surface area contributed by atoms with Crippen LogP contribution < -0.4 is 0 Å². The molecule has 3 heteroatoms. The Kier molecular flexibility index (Phi) is 8.74. The monoisotopic (exact) mass is 320 g/mol. The van der Waals surface area contributed by atoms with E-state index in [0.717, 1.165) is 45.1 Å². The van der Waals surface area contributed by atoms with Crippen molar-refractivity contribution in [1.82, 2.24) is 0 Å². The fraction of sp³-hybridized carbons (Fsp3) is 0.800. The number of hydrogen-bond acceptors (Lipinski definition) is 3. The molecule has 0 aromatic heterocycles. The number of rotatable bonds is 9. The molecule has 3 nitrogen and oxygen atoms in total. The normalized spacial score (nSPS) is 28.3. The zero-order valence-corrected chi connectivity index (χ0v) is 14.5. The molecule has 0 aromatic rings. The molecule has 1 saturated heterocycles. The Balaban J connectivity index is 1.73. The van der Waals surface area contributed by atoms with Crippen molar-refractivity contribution >= 4 is 0 Å². The van der Waals surface area contributed by atoms with E-state index in [1.54, 1.807) is 0 Å². The molecule has 1 heterocycles. The Morgan fingerprint density at radius 1 is 1.30 bits per heavy atom. The van der Waals surface area contributed by atoms with Crippen LogP contribution in [0.1, 0.15) is 64.7 Å². The number of ether oxygens (including phenoxy) is 2. The molecule has 2 aliphatic rings. The van der Waals surface area contributed by atoms with E-state index in [1.165, 1.54) is 19.3 Å². The van der Waals surface area contributed by atoms with Crippen LogP contribution in [-0.4, -0.2) is 30.7 Å². The second kappa shape index (κ2) is 10.9. The lowest BCUT2D eigenvalue weighted by atomic mass is 10.1. The third-order valence-corrected chi connectivity index (χ3v) is 4.71. The van der Waals surface area contributed by atoms with Crippen molar-refractivity contribution in [3.8, 4) is 11.8 Å². The fourth-order valence-electron chi connectivity index (χ4n) is 3.02. The Labute approximate surface area is 141 Å². The van der Waals surface area contributed by atoms with Crippen molar-refractivity contribution in [3.05, 3.63) is 12.2 Å². The van der Waals surface area contributed by atoms with E-state index in [4.69, 9.17) is 14.6 Å². The van der Waals surface area contributed by atoms with Gasteiger partial charge in [0.25, 0.3) is 0 Å². The van der Waals surface area contributed by atoms with Crippen LogP contribution >= 0.6 is 0 Å². The summed E-state index contributed by atoms with van der Waals surface area (Å²) in [5.41, 5.74) is 0. The van der Waals surface area contributed by atoms with Gasteiger partial charge in [0.05, 0.1) is 0 Å². The molecule has 130 valence electrons. The van der Waals surface area contributed by atoms with Crippen LogP contribution in [0, 0.1) is 23.7 Å². The summed E-state index contributed by atoms with van der Waals surface area (Å²) in [5, 5.41) is 9.03. The van der Waals surface area contributed by atoms with E-state index < -0.39 is 0 Å². The molecule has 4 atom stereocenters. The summed E-state index contributed by atoms with van der Waals surface area (Å²) >= 11 is 0. The van der Waals surface area contributed by atoms with Crippen LogP contribution in [0.4, 0.5) is 0 Å². The van der Waals surface area contributed by atoms with Gasteiger partial charge >= 0.3 is 0 Å². The van der Waals surface area contributed by atoms with Crippen molar-refractivity contribution in [3.63, 3.8) is 0 Å². The summed E-state index contributed by atoms with van der Waals surface area (Å²) in [6.07, 6.45) is 14.1. The zero-order valence-electron chi connectivity index (χ0n) is 14.5.